The summed E-state index contributed by atoms with van der Waals surface area (Å²) in [5.41, 5.74) is 2.99. The minimum Gasteiger partial charge on any atom is -0.356 e. The second kappa shape index (κ2) is 7.45. The zero-order valence-corrected chi connectivity index (χ0v) is 14.3. The fourth-order valence-corrected chi connectivity index (χ4v) is 2.82. The number of carbonyl (C=O) groups is 1. The number of aryl methyl sites for hydroxylation is 2. The van der Waals surface area contributed by atoms with E-state index < -0.39 is 0 Å². The first-order valence-corrected chi connectivity index (χ1v) is 8.28. The van der Waals surface area contributed by atoms with Gasteiger partial charge in [-0.25, -0.2) is 4.98 Å². The molecule has 2 aromatic heterocycles. The van der Waals surface area contributed by atoms with Gasteiger partial charge in [-0.05, 0) is 36.2 Å². The quantitative estimate of drug-likeness (QED) is 0.749. The number of aromatic nitrogens is 3. The van der Waals surface area contributed by atoms with Gasteiger partial charge < -0.3 is 9.88 Å². The third-order valence-electron chi connectivity index (χ3n) is 3.97. The van der Waals surface area contributed by atoms with Crippen molar-refractivity contribution in [3.8, 4) is 0 Å². The predicted molar refractivity (Wildman–Crippen MR) is 95.0 cm³/mol. The summed E-state index contributed by atoms with van der Waals surface area (Å²) >= 11 is 6.00. The largest absolute Gasteiger partial charge is 0.356 e. The highest BCUT2D eigenvalue weighted by atomic mass is 35.5. The summed E-state index contributed by atoms with van der Waals surface area (Å²) in [5, 5.41) is 3.62. The van der Waals surface area contributed by atoms with Gasteiger partial charge in [0, 0.05) is 43.9 Å². The van der Waals surface area contributed by atoms with Crippen molar-refractivity contribution in [2.45, 2.75) is 19.3 Å². The van der Waals surface area contributed by atoms with Crippen LogP contribution in [0, 0.1) is 0 Å². The van der Waals surface area contributed by atoms with Crippen molar-refractivity contribution < 1.29 is 4.79 Å². The Hall–Kier alpha value is -2.40. The highest BCUT2D eigenvalue weighted by Crippen LogP contribution is 2.19. The molecule has 1 aromatic carbocycles. The van der Waals surface area contributed by atoms with Crippen molar-refractivity contribution >= 4 is 28.5 Å². The van der Waals surface area contributed by atoms with Crippen molar-refractivity contribution in [3.05, 3.63) is 59.1 Å². The van der Waals surface area contributed by atoms with E-state index in [1.54, 1.807) is 12.4 Å². The van der Waals surface area contributed by atoms with E-state index in [4.69, 9.17) is 11.6 Å². The van der Waals surface area contributed by atoms with Crippen LogP contribution in [-0.4, -0.2) is 27.0 Å². The van der Waals surface area contributed by atoms with Crippen molar-refractivity contribution in [2.75, 3.05) is 6.54 Å². The Morgan fingerprint density at radius 3 is 2.96 bits per heavy atom. The molecule has 24 heavy (non-hydrogen) atoms. The molecule has 1 amide bonds. The first-order valence-electron chi connectivity index (χ1n) is 7.90. The van der Waals surface area contributed by atoms with Crippen LogP contribution in [0.15, 0.2) is 42.7 Å². The Labute approximate surface area is 145 Å². The lowest BCUT2D eigenvalue weighted by molar-refractivity contribution is -0.121. The van der Waals surface area contributed by atoms with E-state index in [2.05, 4.69) is 15.3 Å². The van der Waals surface area contributed by atoms with E-state index >= 15 is 0 Å². The molecule has 0 radical (unpaired) electrons. The third kappa shape index (κ3) is 3.92. The van der Waals surface area contributed by atoms with Crippen molar-refractivity contribution in [1.29, 1.82) is 0 Å². The minimum atomic E-state index is 0.0423. The average Bonchev–Trinajstić information content (AvgIpc) is 2.89. The van der Waals surface area contributed by atoms with Crippen molar-refractivity contribution in [2.24, 2.45) is 7.05 Å². The Bertz CT molecular complexity index is 845. The maximum Gasteiger partial charge on any atom is 0.220 e. The molecule has 0 aliphatic carbocycles. The number of amides is 1. The first kappa shape index (κ1) is 16.5. The summed E-state index contributed by atoms with van der Waals surface area (Å²) in [5.74, 6) is 0.973. The summed E-state index contributed by atoms with van der Waals surface area (Å²) < 4.78 is 2.04. The Morgan fingerprint density at radius 1 is 1.29 bits per heavy atom. The predicted octanol–water partition coefficient (Wildman–Crippen LogP) is 2.91. The average molecular weight is 343 g/mol. The van der Waals surface area contributed by atoms with Gasteiger partial charge in [0.2, 0.25) is 5.91 Å². The standard InChI is InChI=1S/C18H19ClN4O/c1-23-16-6-5-14(19)11-15(16)22-17(23)8-10-21-18(24)7-4-13-3-2-9-20-12-13/h2-3,5-6,9,11-12H,4,7-8,10H2,1H3,(H,21,24). The van der Waals surface area contributed by atoms with Crippen molar-refractivity contribution in [1.82, 2.24) is 19.9 Å². The summed E-state index contributed by atoms with van der Waals surface area (Å²) in [7, 11) is 1.97. The summed E-state index contributed by atoms with van der Waals surface area (Å²) in [6.45, 7) is 0.566. The van der Waals surface area contributed by atoms with E-state index in [1.165, 1.54) is 0 Å². The van der Waals surface area contributed by atoms with Crippen LogP contribution in [0.25, 0.3) is 11.0 Å². The normalized spacial score (nSPS) is 10.9. The minimum absolute atomic E-state index is 0.0423. The molecule has 0 aliphatic rings. The third-order valence-corrected chi connectivity index (χ3v) is 4.20. The molecular weight excluding hydrogens is 324 g/mol. The molecule has 5 nitrogen and oxygen atoms in total. The molecule has 0 fully saturated rings. The van der Waals surface area contributed by atoms with E-state index in [9.17, 15) is 4.79 Å². The van der Waals surface area contributed by atoms with Crippen LogP contribution >= 0.6 is 11.6 Å². The molecule has 1 N–H and O–H groups in total. The monoisotopic (exact) mass is 342 g/mol. The van der Waals surface area contributed by atoms with Gasteiger partial charge in [0.15, 0.2) is 0 Å². The molecule has 124 valence electrons. The molecule has 0 bridgehead atoms. The first-order chi connectivity index (χ1) is 11.6. The van der Waals surface area contributed by atoms with Crippen LogP contribution < -0.4 is 5.32 Å². The van der Waals surface area contributed by atoms with Crippen molar-refractivity contribution in [3.63, 3.8) is 0 Å². The lowest BCUT2D eigenvalue weighted by Crippen LogP contribution is -2.26. The number of halogens is 1. The fourth-order valence-electron chi connectivity index (χ4n) is 2.65. The van der Waals surface area contributed by atoms with Crippen LogP contribution in [0.2, 0.25) is 5.02 Å². The van der Waals surface area contributed by atoms with Gasteiger partial charge in [-0.2, -0.15) is 0 Å². The van der Waals surface area contributed by atoms with E-state index in [0.29, 0.717) is 30.8 Å². The number of rotatable bonds is 6. The van der Waals surface area contributed by atoms with E-state index in [0.717, 1.165) is 22.4 Å². The second-order valence-corrected chi connectivity index (χ2v) is 6.12. The number of carbonyl (C=O) groups excluding carboxylic acids is 1. The second-order valence-electron chi connectivity index (χ2n) is 5.68. The van der Waals surface area contributed by atoms with Gasteiger partial charge in [-0.3, -0.25) is 9.78 Å². The van der Waals surface area contributed by atoms with Crippen LogP contribution in [0.3, 0.4) is 0 Å². The number of nitrogens with one attached hydrogen (secondary N) is 1. The molecule has 0 unspecified atom stereocenters. The lowest BCUT2D eigenvalue weighted by atomic mass is 10.1. The molecule has 3 rings (SSSR count). The highest BCUT2D eigenvalue weighted by molar-refractivity contribution is 6.31. The zero-order valence-electron chi connectivity index (χ0n) is 13.5. The summed E-state index contributed by atoms with van der Waals surface area (Å²) in [4.78, 5) is 20.6. The maximum atomic E-state index is 11.9. The SMILES string of the molecule is Cn1c(CCNC(=O)CCc2cccnc2)nc2cc(Cl)ccc21. The van der Waals surface area contributed by atoms with Gasteiger partial charge in [0.25, 0.3) is 0 Å². The van der Waals surface area contributed by atoms with Crippen LogP contribution in [0.4, 0.5) is 0 Å². The number of benzene rings is 1. The lowest BCUT2D eigenvalue weighted by Gasteiger charge is -2.06. The number of nitrogens with zero attached hydrogens (tertiary/aromatic N) is 3. The molecule has 3 aromatic rings. The van der Waals surface area contributed by atoms with Gasteiger partial charge in [-0.15, -0.1) is 0 Å². The van der Waals surface area contributed by atoms with Crippen LogP contribution in [-0.2, 0) is 24.7 Å². The van der Waals surface area contributed by atoms with Crippen LogP contribution in [0.1, 0.15) is 17.8 Å². The topological polar surface area (TPSA) is 59.8 Å². The van der Waals surface area contributed by atoms with Gasteiger partial charge in [0.05, 0.1) is 11.0 Å². The maximum absolute atomic E-state index is 11.9. The van der Waals surface area contributed by atoms with Crippen LogP contribution in [0.5, 0.6) is 0 Å². The van der Waals surface area contributed by atoms with Gasteiger partial charge in [-0.1, -0.05) is 17.7 Å². The summed E-state index contributed by atoms with van der Waals surface area (Å²) in [6, 6.07) is 9.53. The Balaban J connectivity index is 1.51. The Morgan fingerprint density at radius 2 is 2.17 bits per heavy atom. The number of imidazole rings is 1. The number of hydrogen-bond acceptors (Lipinski definition) is 3. The molecule has 6 heteroatoms. The number of pyridine rings is 1. The molecule has 2 heterocycles. The zero-order chi connectivity index (χ0) is 16.9. The van der Waals surface area contributed by atoms with Gasteiger partial charge >= 0.3 is 0 Å². The highest BCUT2D eigenvalue weighted by Gasteiger charge is 2.09. The van der Waals surface area contributed by atoms with E-state index in [1.807, 2.05) is 41.9 Å². The number of fused-ring (bicyclic) bond motifs is 1. The Kier molecular flexibility index (Phi) is 5.11. The van der Waals surface area contributed by atoms with Gasteiger partial charge in [0.1, 0.15) is 5.82 Å². The number of hydrogen-bond donors (Lipinski definition) is 1. The molecule has 0 saturated heterocycles. The molecular formula is C18H19ClN4O. The molecule has 0 saturated carbocycles. The fraction of sp³-hybridized carbons (Fsp3) is 0.278. The molecule has 0 aliphatic heterocycles. The molecule has 0 atom stereocenters. The molecule has 0 spiro atoms. The summed E-state index contributed by atoms with van der Waals surface area (Å²) in [6.07, 6.45) is 5.36. The van der Waals surface area contributed by atoms with E-state index in [-0.39, 0.29) is 5.91 Å². The smallest absolute Gasteiger partial charge is 0.220 e.